The Morgan fingerprint density at radius 1 is 1.15 bits per heavy atom. The summed E-state index contributed by atoms with van der Waals surface area (Å²) >= 11 is 0. The van der Waals surface area contributed by atoms with Gasteiger partial charge in [-0.1, -0.05) is 44.2 Å². The van der Waals surface area contributed by atoms with Crippen LogP contribution in [-0.4, -0.2) is 31.2 Å². The van der Waals surface area contributed by atoms with Gasteiger partial charge in [-0.3, -0.25) is 4.79 Å². The average molecular weight is 374 g/mol. The van der Waals surface area contributed by atoms with Crippen LogP contribution in [0.25, 0.3) is 0 Å². The van der Waals surface area contributed by atoms with E-state index < -0.39 is 18.0 Å². The second-order valence-electron chi connectivity index (χ2n) is 6.65. The van der Waals surface area contributed by atoms with E-state index in [0.717, 1.165) is 5.56 Å². The highest BCUT2D eigenvalue weighted by molar-refractivity contribution is 5.95. The van der Waals surface area contributed by atoms with Crippen LogP contribution in [0.5, 0.6) is 0 Å². The van der Waals surface area contributed by atoms with Crippen molar-refractivity contribution in [2.45, 2.75) is 39.7 Å². The molecular formula is C20H26N2O5. The van der Waals surface area contributed by atoms with Gasteiger partial charge in [0, 0.05) is 6.42 Å². The molecule has 1 aromatic carbocycles. The van der Waals surface area contributed by atoms with E-state index in [1.165, 1.54) is 0 Å². The Labute approximate surface area is 159 Å². The van der Waals surface area contributed by atoms with E-state index in [1.54, 1.807) is 6.92 Å². The number of nitrogens with one attached hydrogen (secondary N) is 2. The standard InChI is InChI=1S/C20H26N2O5/c1-4-26-19(24)17-15(12-27-16(23)11-10-13(2)3)21-20(25)22-18(17)14-8-6-5-7-9-14/h5-9,13,18H,4,10-12H2,1-3H3,(H2,21,22,25)/t18-/m0/s1. The smallest absolute Gasteiger partial charge is 0.338 e. The lowest BCUT2D eigenvalue weighted by Crippen LogP contribution is -2.47. The molecule has 0 saturated heterocycles. The van der Waals surface area contributed by atoms with Gasteiger partial charge in [-0.05, 0) is 24.8 Å². The topological polar surface area (TPSA) is 93.7 Å². The van der Waals surface area contributed by atoms with Crippen LogP contribution in [0.4, 0.5) is 4.79 Å². The second kappa shape index (κ2) is 9.75. The number of urea groups is 1. The number of hydrogen-bond donors (Lipinski definition) is 2. The Kier molecular flexibility index (Phi) is 7.40. The predicted molar refractivity (Wildman–Crippen MR) is 99.5 cm³/mol. The Morgan fingerprint density at radius 3 is 2.48 bits per heavy atom. The summed E-state index contributed by atoms with van der Waals surface area (Å²) in [7, 11) is 0. The summed E-state index contributed by atoms with van der Waals surface area (Å²) in [5, 5.41) is 5.31. The predicted octanol–water partition coefficient (Wildman–Crippen LogP) is 2.84. The van der Waals surface area contributed by atoms with Crippen molar-refractivity contribution in [1.82, 2.24) is 10.6 Å². The van der Waals surface area contributed by atoms with E-state index in [1.807, 2.05) is 44.2 Å². The number of amides is 2. The maximum absolute atomic E-state index is 12.5. The summed E-state index contributed by atoms with van der Waals surface area (Å²) < 4.78 is 10.4. The Bertz CT molecular complexity index is 712. The lowest BCUT2D eigenvalue weighted by atomic mass is 9.95. The molecule has 1 aliphatic heterocycles. The fourth-order valence-electron chi connectivity index (χ4n) is 2.71. The highest BCUT2D eigenvalue weighted by atomic mass is 16.5. The molecule has 0 radical (unpaired) electrons. The van der Waals surface area contributed by atoms with Crippen LogP contribution < -0.4 is 10.6 Å². The molecule has 1 aromatic rings. The van der Waals surface area contributed by atoms with Crippen LogP contribution in [0.3, 0.4) is 0 Å². The SMILES string of the molecule is CCOC(=O)C1=C(COC(=O)CCC(C)C)NC(=O)N[C@H]1c1ccccc1. The number of hydrogen-bond acceptors (Lipinski definition) is 5. The molecule has 1 aliphatic rings. The second-order valence-corrected chi connectivity index (χ2v) is 6.65. The van der Waals surface area contributed by atoms with Gasteiger partial charge < -0.3 is 20.1 Å². The van der Waals surface area contributed by atoms with Crippen LogP contribution >= 0.6 is 0 Å². The first-order chi connectivity index (χ1) is 12.9. The molecule has 7 nitrogen and oxygen atoms in total. The summed E-state index contributed by atoms with van der Waals surface area (Å²) in [5.41, 5.74) is 1.21. The molecule has 27 heavy (non-hydrogen) atoms. The fourth-order valence-corrected chi connectivity index (χ4v) is 2.71. The van der Waals surface area contributed by atoms with Crippen molar-refractivity contribution in [3.8, 4) is 0 Å². The lowest BCUT2D eigenvalue weighted by molar-refractivity contribution is -0.144. The molecule has 0 aliphatic carbocycles. The first-order valence-electron chi connectivity index (χ1n) is 9.10. The zero-order valence-corrected chi connectivity index (χ0v) is 15.9. The fraction of sp³-hybridized carbons (Fsp3) is 0.450. The van der Waals surface area contributed by atoms with Gasteiger partial charge in [-0.15, -0.1) is 0 Å². The van der Waals surface area contributed by atoms with Crippen molar-refractivity contribution < 1.29 is 23.9 Å². The summed E-state index contributed by atoms with van der Waals surface area (Å²) in [4.78, 5) is 36.6. The number of carbonyl (C=O) groups excluding carboxylic acids is 3. The number of rotatable bonds is 8. The van der Waals surface area contributed by atoms with Gasteiger partial charge in [0.25, 0.3) is 0 Å². The summed E-state index contributed by atoms with van der Waals surface area (Å²) in [6.07, 6.45) is 0.997. The van der Waals surface area contributed by atoms with Crippen LogP contribution in [0, 0.1) is 5.92 Å². The molecule has 0 spiro atoms. The molecule has 0 unspecified atom stereocenters. The normalized spacial score (nSPS) is 16.6. The van der Waals surface area contributed by atoms with Crippen molar-refractivity contribution in [1.29, 1.82) is 0 Å². The van der Waals surface area contributed by atoms with E-state index >= 15 is 0 Å². The van der Waals surface area contributed by atoms with E-state index in [0.29, 0.717) is 12.3 Å². The van der Waals surface area contributed by atoms with Gasteiger partial charge >= 0.3 is 18.0 Å². The van der Waals surface area contributed by atoms with Crippen LogP contribution in [0.15, 0.2) is 41.6 Å². The molecule has 2 amide bonds. The molecule has 2 rings (SSSR count). The van der Waals surface area contributed by atoms with Crippen LogP contribution in [0.2, 0.25) is 0 Å². The zero-order chi connectivity index (χ0) is 19.8. The molecule has 0 saturated carbocycles. The Morgan fingerprint density at radius 2 is 1.85 bits per heavy atom. The van der Waals surface area contributed by atoms with Gasteiger partial charge in [0.15, 0.2) is 0 Å². The summed E-state index contributed by atoms with van der Waals surface area (Å²) in [6.45, 7) is 5.75. The number of benzene rings is 1. The molecule has 0 aromatic heterocycles. The highest BCUT2D eigenvalue weighted by Gasteiger charge is 2.34. The number of esters is 2. The van der Waals surface area contributed by atoms with Gasteiger partial charge in [0.2, 0.25) is 0 Å². The maximum Gasteiger partial charge on any atom is 0.338 e. The van der Waals surface area contributed by atoms with Crippen molar-refractivity contribution >= 4 is 18.0 Å². The summed E-state index contributed by atoms with van der Waals surface area (Å²) in [6, 6.07) is 7.95. The minimum absolute atomic E-state index is 0.193. The van der Waals surface area contributed by atoms with Crippen molar-refractivity contribution in [3.05, 3.63) is 47.2 Å². The average Bonchev–Trinajstić information content (AvgIpc) is 2.65. The Hall–Kier alpha value is -2.83. The Balaban J connectivity index is 2.27. The highest BCUT2D eigenvalue weighted by Crippen LogP contribution is 2.27. The van der Waals surface area contributed by atoms with Gasteiger partial charge in [-0.2, -0.15) is 0 Å². The zero-order valence-electron chi connectivity index (χ0n) is 15.9. The molecule has 0 bridgehead atoms. The van der Waals surface area contributed by atoms with Crippen molar-refractivity contribution in [2.24, 2.45) is 5.92 Å². The van der Waals surface area contributed by atoms with E-state index in [4.69, 9.17) is 9.47 Å². The van der Waals surface area contributed by atoms with Gasteiger partial charge in [-0.25, -0.2) is 9.59 Å². The molecular weight excluding hydrogens is 348 g/mol. The molecule has 0 fully saturated rings. The third kappa shape index (κ3) is 5.84. The molecule has 146 valence electrons. The van der Waals surface area contributed by atoms with E-state index in [2.05, 4.69) is 10.6 Å². The lowest BCUT2D eigenvalue weighted by Gasteiger charge is -2.29. The quantitative estimate of drug-likeness (QED) is 0.683. The third-order valence-electron chi connectivity index (χ3n) is 4.09. The first-order valence-corrected chi connectivity index (χ1v) is 9.10. The van der Waals surface area contributed by atoms with E-state index in [-0.39, 0.29) is 36.9 Å². The van der Waals surface area contributed by atoms with Crippen LogP contribution in [0.1, 0.15) is 45.2 Å². The van der Waals surface area contributed by atoms with Crippen LogP contribution in [-0.2, 0) is 19.1 Å². The van der Waals surface area contributed by atoms with Gasteiger partial charge in [0.05, 0.1) is 23.9 Å². The monoisotopic (exact) mass is 374 g/mol. The summed E-state index contributed by atoms with van der Waals surface area (Å²) in [5.74, 6) is -0.552. The maximum atomic E-state index is 12.5. The molecule has 1 atom stereocenters. The number of ether oxygens (including phenoxy) is 2. The molecule has 1 heterocycles. The first kappa shape index (κ1) is 20.5. The third-order valence-corrected chi connectivity index (χ3v) is 4.09. The molecule has 7 heteroatoms. The minimum atomic E-state index is -0.677. The van der Waals surface area contributed by atoms with Gasteiger partial charge in [0.1, 0.15) is 6.61 Å². The minimum Gasteiger partial charge on any atom is -0.463 e. The largest absolute Gasteiger partial charge is 0.463 e. The van der Waals surface area contributed by atoms with Crippen molar-refractivity contribution in [2.75, 3.05) is 13.2 Å². The van der Waals surface area contributed by atoms with Crippen molar-refractivity contribution in [3.63, 3.8) is 0 Å². The van der Waals surface area contributed by atoms with E-state index in [9.17, 15) is 14.4 Å². The molecule has 2 N–H and O–H groups in total. The number of carbonyl (C=O) groups is 3.